The van der Waals surface area contributed by atoms with Gasteiger partial charge in [-0.3, -0.25) is 4.98 Å². The number of aromatic nitrogens is 4. The summed E-state index contributed by atoms with van der Waals surface area (Å²) >= 11 is 0. The number of hydrogen-bond donors (Lipinski definition) is 0. The Morgan fingerprint density at radius 1 is 1.11 bits per heavy atom. The van der Waals surface area contributed by atoms with Crippen LogP contribution in [0.1, 0.15) is 73.2 Å². The van der Waals surface area contributed by atoms with Crippen LogP contribution in [0, 0.1) is 11.7 Å². The SMILES string of the molecule is CCC[C@@]12Cc3cnoc3C[C@H]1CCc1c(-c3ccccc3F)nc(-c3ccnc(C4CC4)c3)nc12. The van der Waals surface area contributed by atoms with Gasteiger partial charge >= 0.3 is 0 Å². The Hall–Kier alpha value is -3.41. The van der Waals surface area contributed by atoms with E-state index >= 15 is 4.39 Å². The molecule has 36 heavy (non-hydrogen) atoms. The highest BCUT2D eigenvalue weighted by Gasteiger charge is 2.50. The predicted molar refractivity (Wildman–Crippen MR) is 135 cm³/mol. The number of halogens is 1. The van der Waals surface area contributed by atoms with Crippen LogP contribution in [0.15, 0.2) is 53.3 Å². The van der Waals surface area contributed by atoms with Gasteiger partial charge in [0.1, 0.15) is 11.6 Å². The molecule has 1 fully saturated rings. The molecule has 0 bridgehead atoms. The summed E-state index contributed by atoms with van der Waals surface area (Å²) in [5.41, 5.74) is 6.61. The minimum atomic E-state index is -0.241. The quantitative estimate of drug-likeness (QED) is 0.322. The van der Waals surface area contributed by atoms with Crippen LogP contribution in [0.25, 0.3) is 22.6 Å². The first-order chi connectivity index (χ1) is 17.7. The van der Waals surface area contributed by atoms with Crippen molar-refractivity contribution in [3.05, 3.63) is 82.9 Å². The summed E-state index contributed by atoms with van der Waals surface area (Å²) in [4.78, 5) is 15.0. The van der Waals surface area contributed by atoms with Gasteiger partial charge in [0.25, 0.3) is 0 Å². The Kier molecular flexibility index (Phi) is 5.05. The lowest BCUT2D eigenvalue weighted by Gasteiger charge is -2.47. The maximum atomic E-state index is 15.2. The molecule has 182 valence electrons. The van der Waals surface area contributed by atoms with E-state index in [9.17, 15) is 0 Å². The van der Waals surface area contributed by atoms with Gasteiger partial charge in [-0.15, -0.1) is 0 Å². The fraction of sp³-hybridized carbons (Fsp3) is 0.400. The number of hydrogen-bond acceptors (Lipinski definition) is 5. The van der Waals surface area contributed by atoms with E-state index in [0.29, 0.717) is 23.2 Å². The van der Waals surface area contributed by atoms with Gasteiger partial charge in [0.2, 0.25) is 0 Å². The fourth-order valence-corrected chi connectivity index (χ4v) is 6.66. The highest BCUT2D eigenvalue weighted by molar-refractivity contribution is 5.70. The van der Waals surface area contributed by atoms with E-state index in [1.807, 2.05) is 30.6 Å². The van der Waals surface area contributed by atoms with E-state index in [1.165, 1.54) is 24.5 Å². The first-order valence-corrected chi connectivity index (χ1v) is 13.2. The van der Waals surface area contributed by atoms with Crippen LogP contribution < -0.4 is 0 Å². The molecule has 0 unspecified atom stereocenters. The molecular formula is C30H29FN4O. The van der Waals surface area contributed by atoms with Crippen LogP contribution in [-0.4, -0.2) is 20.1 Å². The van der Waals surface area contributed by atoms with Gasteiger partial charge in [0.15, 0.2) is 5.82 Å². The second-order valence-electron chi connectivity index (χ2n) is 10.7. The zero-order chi connectivity index (χ0) is 24.3. The maximum Gasteiger partial charge on any atom is 0.160 e. The van der Waals surface area contributed by atoms with Crippen molar-refractivity contribution in [2.24, 2.45) is 5.92 Å². The Morgan fingerprint density at radius 3 is 2.83 bits per heavy atom. The van der Waals surface area contributed by atoms with Gasteiger partial charge in [-0.25, -0.2) is 14.4 Å². The van der Waals surface area contributed by atoms with Crippen molar-refractivity contribution < 1.29 is 8.91 Å². The van der Waals surface area contributed by atoms with Gasteiger partial charge in [-0.05, 0) is 68.7 Å². The smallest absolute Gasteiger partial charge is 0.160 e. The molecular weight excluding hydrogens is 451 g/mol. The Labute approximate surface area is 210 Å². The largest absolute Gasteiger partial charge is 0.361 e. The normalized spacial score (nSPS) is 22.6. The van der Waals surface area contributed by atoms with E-state index in [4.69, 9.17) is 14.5 Å². The monoisotopic (exact) mass is 480 g/mol. The van der Waals surface area contributed by atoms with Crippen molar-refractivity contribution >= 4 is 0 Å². The number of fused-ring (bicyclic) bond motifs is 4. The molecule has 7 rings (SSSR count). The Balaban J connectivity index is 1.48. The zero-order valence-electron chi connectivity index (χ0n) is 20.5. The van der Waals surface area contributed by atoms with Crippen LogP contribution >= 0.6 is 0 Å². The van der Waals surface area contributed by atoms with Crippen molar-refractivity contribution in [1.82, 2.24) is 20.1 Å². The third kappa shape index (κ3) is 3.41. The molecule has 1 aromatic carbocycles. The summed E-state index contributed by atoms with van der Waals surface area (Å²) in [5.74, 6) is 2.40. The van der Waals surface area contributed by atoms with E-state index in [-0.39, 0.29) is 11.2 Å². The summed E-state index contributed by atoms with van der Waals surface area (Å²) in [7, 11) is 0. The summed E-state index contributed by atoms with van der Waals surface area (Å²) in [6.07, 6.45) is 11.8. The van der Waals surface area contributed by atoms with E-state index < -0.39 is 0 Å². The molecule has 0 amide bonds. The van der Waals surface area contributed by atoms with E-state index in [0.717, 1.165) is 72.5 Å². The highest BCUT2D eigenvalue weighted by atomic mass is 19.1. The van der Waals surface area contributed by atoms with Gasteiger partial charge in [0, 0.05) is 51.9 Å². The van der Waals surface area contributed by atoms with Crippen molar-refractivity contribution in [3.8, 4) is 22.6 Å². The lowest BCUT2D eigenvalue weighted by atomic mass is 9.57. The third-order valence-corrected chi connectivity index (χ3v) is 8.53. The van der Waals surface area contributed by atoms with Crippen molar-refractivity contribution in [2.75, 3.05) is 0 Å². The summed E-state index contributed by atoms with van der Waals surface area (Å²) in [6.45, 7) is 2.24. The molecule has 0 saturated heterocycles. The fourth-order valence-electron chi connectivity index (χ4n) is 6.66. The molecule has 4 aromatic rings. The molecule has 3 aromatic heterocycles. The van der Waals surface area contributed by atoms with Gasteiger partial charge in [-0.1, -0.05) is 30.6 Å². The third-order valence-electron chi connectivity index (χ3n) is 8.53. The lowest BCUT2D eigenvalue weighted by molar-refractivity contribution is 0.174. The predicted octanol–water partition coefficient (Wildman–Crippen LogP) is 6.61. The second-order valence-corrected chi connectivity index (χ2v) is 10.7. The van der Waals surface area contributed by atoms with Crippen LogP contribution in [0.2, 0.25) is 0 Å². The second kappa shape index (κ2) is 8.32. The highest BCUT2D eigenvalue weighted by Crippen LogP contribution is 2.52. The Bertz CT molecular complexity index is 1460. The van der Waals surface area contributed by atoms with Gasteiger partial charge in [-0.2, -0.15) is 0 Å². The van der Waals surface area contributed by atoms with Crippen molar-refractivity contribution in [2.45, 2.75) is 69.6 Å². The molecule has 0 N–H and O–H groups in total. The molecule has 3 heterocycles. The lowest BCUT2D eigenvalue weighted by Crippen LogP contribution is -2.46. The topological polar surface area (TPSA) is 64.7 Å². The van der Waals surface area contributed by atoms with E-state index in [1.54, 1.807) is 6.07 Å². The standard InChI is InChI=1S/C30H29FN4O/c1-2-12-30-16-20-17-33-36-26(20)15-21(30)9-10-23-27(22-5-3-4-6-24(22)31)34-29(35-28(23)30)19-11-13-32-25(14-19)18-7-8-18/h3-6,11,13-14,17-18,21H,2,7-10,12,15-16H2,1H3/t21-,30-/m1/s1. The summed E-state index contributed by atoms with van der Waals surface area (Å²) in [5, 5.41) is 4.12. The van der Waals surface area contributed by atoms with Crippen LogP contribution in [0.3, 0.4) is 0 Å². The number of nitrogens with zero attached hydrogens (tertiary/aromatic N) is 4. The van der Waals surface area contributed by atoms with Crippen molar-refractivity contribution in [1.29, 1.82) is 0 Å². The average Bonchev–Trinajstić information content (AvgIpc) is 3.66. The number of pyridine rings is 1. The first-order valence-electron chi connectivity index (χ1n) is 13.2. The van der Waals surface area contributed by atoms with Crippen LogP contribution in [0.4, 0.5) is 4.39 Å². The van der Waals surface area contributed by atoms with Crippen molar-refractivity contribution in [3.63, 3.8) is 0 Å². The minimum absolute atomic E-state index is 0.134. The summed E-state index contributed by atoms with van der Waals surface area (Å²) < 4.78 is 20.8. The summed E-state index contributed by atoms with van der Waals surface area (Å²) in [6, 6.07) is 11.1. The van der Waals surface area contributed by atoms with Crippen LogP contribution in [0.5, 0.6) is 0 Å². The zero-order valence-corrected chi connectivity index (χ0v) is 20.5. The molecule has 0 spiro atoms. The molecule has 0 radical (unpaired) electrons. The molecule has 1 saturated carbocycles. The molecule has 5 nitrogen and oxygen atoms in total. The molecule has 6 heteroatoms. The average molecular weight is 481 g/mol. The maximum absolute atomic E-state index is 15.2. The molecule has 3 aliphatic carbocycles. The molecule has 3 aliphatic rings. The Morgan fingerprint density at radius 2 is 2.00 bits per heavy atom. The van der Waals surface area contributed by atoms with Gasteiger partial charge in [0.05, 0.1) is 17.6 Å². The first kappa shape index (κ1) is 21.8. The van der Waals surface area contributed by atoms with Crippen LogP contribution in [-0.2, 0) is 24.7 Å². The van der Waals surface area contributed by atoms with Gasteiger partial charge < -0.3 is 4.52 Å². The number of benzene rings is 1. The number of rotatable bonds is 5. The molecule has 0 aliphatic heterocycles. The minimum Gasteiger partial charge on any atom is -0.361 e. The van der Waals surface area contributed by atoms with E-state index in [2.05, 4.69) is 23.1 Å². The molecule has 2 atom stereocenters.